The minimum absolute atomic E-state index is 0.512. The Kier molecular flexibility index (Phi) is 2.88. The van der Waals surface area contributed by atoms with Gasteiger partial charge in [0.15, 0.2) is 0 Å². The maximum absolute atomic E-state index is 12.4. The quantitative estimate of drug-likeness (QED) is 0.661. The fraction of sp³-hybridized carbons (Fsp3) is 1.00. The standard InChI is InChI=1S/C6H11F2NO3S/c7-6(8,4-10)3-9-13(11,12)5-1-2-5/h5,9-10H,1-4H2. The Balaban J connectivity index is 2.41. The second kappa shape index (κ2) is 3.47. The minimum atomic E-state index is -3.57. The lowest BCUT2D eigenvalue weighted by Gasteiger charge is -2.13. The van der Waals surface area contributed by atoms with E-state index in [1.807, 2.05) is 0 Å². The highest BCUT2D eigenvalue weighted by Crippen LogP contribution is 2.27. The fourth-order valence-electron chi connectivity index (χ4n) is 0.758. The van der Waals surface area contributed by atoms with Crippen LogP contribution < -0.4 is 4.72 Å². The van der Waals surface area contributed by atoms with Crippen LogP contribution in [0.3, 0.4) is 0 Å². The van der Waals surface area contributed by atoms with E-state index < -0.39 is 34.3 Å². The van der Waals surface area contributed by atoms with Crippen LogP contribution in [-0.2, 0) is 10.0 Å². The van der Waals surface area contributed by atoms with Crippen LogP contribution in [0.25, 0.3) is 0 Å². The normalized spacial score (nSPS) is 19.0. The molecule has 0 bridgehead atoms. The lowest BCUT2D eigenvalue weighted by atomic mass is 10.4. The molecule has 0 aromatic rings. The van der Waals surface area contributed by atoms with Crippen molar-refractivity contribution < 1.29 is 22.3 Å². The summed E-state index contributed by atoms with van der Waals surface area (Å²) in [7, 11) is -3.57. The van der Waals surface area contributed by atoms with E-state index in [2.05, 4.69) is 0 Å². The molecule has 0 aliphatic heterocycles. The molecule has 78 valence electrons. The predicted octanol–water partition coefficient (Wildman–Crippen LogP) is -0.304. The maximum atomic E-state index is 12.4. The van der Waals surface area contributed by atoms with Gasteiger partial charge in [-0.25, -0.2) is 21.9 Å². The third-order valence-corrected chi connectivity index (χ3v) is 3.62. The Morgan fingerprint density at radius 1 is 1.46 bits per heavy atom. The summed E-state index contributed by atoms with van der Waals surface area (Å²) in [6.07, 6.45) is 1.06. The van der Waals surface area contributed by atoms with Gasteiger partial charge in [-0.1, -0.05) is 0 Å². The molecule has 0 spiro atoms. The van der Waals surface area contributed by atoms with Crippen molar-refractivity contribution in [1.82, 2.24) is 4.72 Å². The number of halogens is 2. The molecule has 1 aliphatic carbocycles. The Morgan fingerprint density at radius 3 is 2.38 bits per heavy atom. The van der Waals surface area contributed by atoms with Crippen LogP contribution in [0.1, 0.15) is 12.8 Å². The van der Waals surface area contributed by atoms with Crippen LogP contribution in [0.4, 0.5) is 8.78 Å². The molecule has 0 amide bonds. The molecule has 4 nitrogen and oxygen atoms in total. The van der Waals surface area contributed by atoms with Crippen LogP contribution in [0.5, 0.6) is 0 Å². The largest absolute Gasteiger partial charge is 0.390 e. The summed E-state index contributed by atoms with van der Waals surface area (Å²) in [5.74, 6) is -3.37. The van der Waals surface area contributed by atoms with E-state index in [1.165, 1.54) is 0 Å². The zero-order valence-corrected chi connectivity index (χ0v) is 7.65. The summed E-state index contributed by atoms with van der Waals surface area (Å²) in [5, 5.41) is 7.65. The molecule has 0 atom stereocenters. The van der Waals surface area contributed by atoms with Crippen molar-refractivity contribution in [2.45, 2.75) is 24.0 Å². The van der Waals surface area contributed by atoms with Gasteiger partial charge in [-0.3, -0.25) is 0 Å². The first kappa shape index (κ1) is 10.8. The van der Waals surface area contributed by atoms with Crippen LogP contribution in [0.15, 0.2) is 0 Å². The van der Waals surface area contributed by atoms with Gasteiger partial charge < -0.3 is 5.11 Å². The van der Waals surface area contributed by atoms with Crippen molar-refractivity contribution in [2.75, 3.05) is 13.2 Å². The van der Waals surface area contributed by atoms with E-state index in [9.17, 15) is 17.2 Å². The first-order chi connectivity index (χ1) is 5.87. The molecule has 13 heavy (non-hydrogen) atoms. The summed E-state index contributed by atoms with van der Waals surface area (Å²) in [4.78, 5) is 0. The van der Waals surface area contributed by atoms with Crippen molar-refractivity contribution in [3.8, 4) is 0 Å². The summed E-state index contributed by atoms with van der Waals surface area (Å²) in [6.45, 7) is -2.37. The summed E-state index contributed by atoms with van der Waals surface area (Å²) >= 11 is 0. The molecular weight excluding hydrogens is 204 g/mol. The lowest BCUT2D eigenvalue weighted by molar-refractivity contribution is -0.0437. The number of sulfonamides is 1. The Hall–Kier alpha value is -0.270. The van der Waals surface area contributed by atoms with Gasteiger partial charge in [0.25, 0.3) is 5.92 Å². The molecule has 0 heterocycles. The highest BCUT2D eigenvalue weighted by molar-refractivity contribution is 7.90. The van der Waals surface area contributed by atoms with E-state index >= 15 is 0 Å². The average Bonchev–Trinajstić information content (AvgIpc) is 2.84. The summed E-state index contributed by atoms with van der Waals surface area (Å²) in [5.41, 5.74) is 0. The molecule has 7 heteroatoms. The molecule has 0 saturated heterocycles. The number of aliphatic hydroxyl groups excluding tert-OH is 1. The molecule has 1 saturated carbocycles. The van der Waals surface area contributed by atoms with Gasteiger partial charge in [-0.2, -0.15) is 0 Å². The van der Waals surface area contributed by atoms with Crippen molar-refractivity contribution in [3.63, 3.8) is 0 Å². The van der Waals surface area contributed by atoms with Crippen molar-refractivity contribution in [2.24, 2.45) is 0 Å². The van der Waals surface area contributed by atoms with Crippen molar-refractivity contribution >= 4 is 10.0 Å². The second-order valence-corrected chi connectivity index (χ2v) is 5.12. The second-order valence-electron chi connectivity index (χ2n) is 3.08. The van der Waals surface area contributed by atoms with Gasteiger partial charge in [0.1, 0.15) is 6.61 Å². The van der Waals surface area contributed by atoms with Gasteiger partial charge in [0, 0.05) is 0 Å². The Morgan fingerprint density at radius 2 is 2.00 bits per heavy atom. The minimum Gasteiger partial charge on any atom is -0.390 e. The van der Waals surface area contributed by atoms with Crippen LogP contribution >= 0.6 is 0 Å². The van der Waals surface area contributed by atoms with E-state index in [-0.39, 0.29) is 0 Å². The van der Waals surface area contributed by atoms with Gasteiger partial charge in [0.05, 0.1) is 11.8 Å². The maximum Gasteiger partial charge on any atom is 0.283 e. The first-order valence-electron chi connectivity index (χ1n) is 3.84. The smallest absolute Gasteiger partial charge is 0.283 e. The first-order valence-corrected chi connectivity index (χ1v) is 5.39. The average molecular weight is 215 g/mol. The molecule has 0 aromatic heterocycles. The van der Waals surface area contributed by atoms with E-state index in [1.54, 1.807) is 4.72 Å². The highest BCUT2D eigenvalue weighted by Gasteiger charge is 2.38. The monoisotopic (exact) mass is 215 g/mol. The molecule has 0 unspecified atom stereocenters. The summed E-state index contributed by atoms with van der Waals surface area (Å²) < 4.78 is 48.6. The van der Waals surface area contributed by atoms with Gasteiger partial charge >= 0.3 is 0 Å². The van der Waals surface area contributed by atoms with E-state index in [0.29, 0.717) is 12.8 Å². The number of hydrogen-bond donors (Lipinski definition) is 2. The highest BCUT2D eigenvalue weighted by atomic mass is 32.2. The van der Waals surface area contributed by atoms with E-state index in [0.717, 1.165) is 0 Å². The van der Waals surface area contributed by atoms with Crippen LogP contribution in [0, 0.1) is 0 Å². The van der Waals surface area contributed by atoms with Crippen LogP contribution in [0.2, 0.25) is 0 Å². The van der Waals surface area contributed by atoms with Crippen molar-refractivity contribution in [3.05, 3.63) is 0 Å². The predicted molar refractivity (Wildman–Crippen MR) is 42.0 cm³/mol. The SMILES string of the molecule is O=S(=O)(NCC(F)(F)CO)C1CC1. The lowest BCUT2D eigenvalue weighted by Crippen LogP contribution is -2.40. The zero-order chi connectivity index (χ0) is 10.1. The number of alkyl halides is 2. The summed E-state index contributed by atoms with van der Waals surface area (Å²) in [6, 6.07) is 0. The Bertz CT molecular complexity index is 274. The molecule has 0 radical (unpaired) electrons. The third kappa shape index (κ3) is 3.17. The van der Waals surface area contributed by atoms with Crippen molar-refractivity contribution in [1.29, 1.82) is 0 Å². The topological polar surface area (TPSA) is 66.4 Å². The molecular formula is C6H11F2NO3S. The van der Waals surface area contributed by atoms with Gasteiger partial charge in [-0.05, 0) is 12.8 Å². The van der Waals surface area contributed by atoms with Gasteiger partial charge in [0.2, 0.25) is 10.0 Å². The molecule has 1 aliphatic rings. The van der Waals surface area contributed by atoms with E-state index in [4.69, 9.17) is 5.11 Å². The molecule has 2 N–H and O–H groups in total. The fourth-order valence-corrected chi connectivity index (χ4v) is 2.16. The Labute approximate surface area is 75.0 Å². The third-order valence-electron chi connectivity index (χ3n) is 1.73. The molecule has 1 fully saturated rings. The number of hydrogen-bond acceptors (Lipinski definition) is 3. The van der Waals surface area contributed by atoms with Gasteiger partial charge in [-0.15, -0.1) is 0 Å². The van der Waals surface area contributed by atoms with Crippen LogP contribution in [-0.4, -0.2) is 37.8 Å². The molecule has 1 rings (SSSR count). The molecule has 0 aromatic carbocycles. The number of rotatable bonds is 5. The number of aliphatic hydroxyl groups is 1. The zero-order valence-electron chi connectivity index (χ0n) is 6.83. The number of nitrogens with one attached hydrogen (secondary N) is 1.